The molecule has 0 atom stereocenters. The molecule has 21 heavy (non-hydrogen) atoms. The van der Waals surface area contributed by atoms with Gasteiger partial charge in [-0.3, -0.25) is 4.79 Å². The van der Waals surface area contributed by atoms with Crippen LogP contribution in [-0.4, -0.2) is 59.2 Å². The fraction of sp³-hybridized carbons (Fsp3) is 0.417. The number of rotatable bonds is 2. The summed E-state index contributed by atoms with van der Waals surface area (Å²) < 4.78 is 36.9. The number of anilines is 1. The van der Waals surface area contributed by atoms with Crippen LogP contribution in [0.5, 0.6) is 0 Å². The number of carboxylic acid groups (broad SMARTS) is 1. The molecule has 1 aliphatic heterocycles. The van der Waals surface area contributed by atoms with E-state index >= 15 is 0 Å². The van der Waals surface area contributed by atoms with E-state index in [9.17, 15) is 22.8 Å². The van der Waals surface area contributed by atoms with E-state index < -0.39 is 18.1 Å². The van der Waals surface area contributed by atoms with Crippen LogP contribution in [0.15, 0.2) is 18.3 Å². The molecule has 6 nitrogen and oxygen atoms in total. The molecule has 0 radical (unpaired) electrons. The number of hydrogen-bond donors (Lipinski definition) is 1. The van der Waals surface area contributed by atoms with Crippen LogP contribution in [0.1, 0.15) is 10.4 Å². The summed E-state index contributed by atoms with van der Waals surface area (Å²) in [5.41, 5.74) is 0.0321. The minimum Gasteiger partial charge on any atom is -0.478 e. The van der Waals surface area contributed by atoms with Gasteiger partial charge in [-0.2, -0.15) is 13.2 Å². The third-order valence-corrected chi connectivity index (χ3v) is 3.13. The number of nitrogens with zero attached hydrogens (tertiary/aromatic N) is 3. The van der Waals surface area contributed by atoms with E-state index in [-0.39, 0.29) is 31.7 Å². The molecule has 0 spiro atoms. The van der Waals surface area contributed by atoms with E-state index in [0.29, 0.717) is 5.82 Å². The SMILES string of the molecule is O=C(O)c1ccc(N2CCN(C(=O)C(F)(F)F)CC2)nc1. The largest absolute Gasteiger partial charge is 0.478 e. The molecule has 1 fully saturated rings. The molecule has 0 saturated carbocycles. The number of amides is 1. The van der Waals surface area contributed by atoms with Crippen LogP contribution in [0.4, 0.5) is 19.0 Å². The molecule has 1 N–H and O–H groups in total. The van der Waals surface area contributed by atoms with Crippen LogP contribution in [-0.2, 0) is 4.79 Å². The van der Waals surface area contributed by atoms with Crippen LogP contribution < -0.4 is 4.90 Å². The maximum absolute atomic E-state index is 12.3. The Hall–Kier alpha value is -2.32. The lowest BCUT2D eigenvalue weighted by atomic mass is 10.2. The van der Waals surface area contributed by atoms with Crippen LogP contribution in [0.3, 0.4) is 0 Å². The molecule has 0 aromatic carbocycles. The third-order valence-electron chi connectivity index (χ3n) is 3.13. The first-order valence-corrected chi connectivity index (χ1v) is 6.09. The van der Waals surface area contributed by atoms with E-state index in [0.717, 1.165) is 4.90 Å². The Balaban J connectivity index is 1.98. The molecule has 1 saturated heterocycles. The standard InChI is InChI=1S/C12H12F3N3O3/c13-12(14,15)11(21)18-5-3-17(4-6-18)9-2-1-8(7-16-9)10(19)20/h1-2,7H,3-6H2,(H,19,20). The van der Waals surface area contributed by atoms with Gasteiger partial charge in [-0.05, 0) is 12.1 Å². The van der Waals surface area contributed by atoms with Gasteiger partial charge in [0.15, 0.2) is 0 Å². The Labute approximate surface area is 117 Å². The highest BCUT2D eigenvalue weighted by atomic mass is 19.4. The fourth-order valence-electron chi connectivity index (χ4n) is 2.02. The van der Waals surface area contributed by atoms with Crippen molar-refractivity contribution >= 4 is 17.7 Å². The molecule has 1 aliphatic rings. The number of carbonyl (C=O) groups excluding carboxylic acids is 1. The van der Waals surface area contributed by atoms with Gasteiger partial charge in [-0.25, -0.2) is 9.78 Å². The second-order valence-electron chi connectivity index (χ2n) is 4.49. The van der Waals surface area contributed by atoms with Crippen LogP contribution in [0.25, 0.3) is 0 Å². The minimum atomic E-state index is -4.86. The Morgan fingerprint density at radius 2 is 1.76 bits per heavy atom. The molecule has 2 rings (SSSR count). The molecule has 1 amide bonds. The van der Waals surface area contributed by atoms with Crippen molar-refractivity contribution in [2.24, 2.45) is 0 Å². The first-order chi connectivity index (χ1) is 9.79. The maximum atomic E-state index is 12.3. The summed E-state index contributed by atoms with van der Waals surface area (Å²) >= 11 is 0. The Bertz CT molecular complexity index is 537. The van der Waals surface area contributed by atoms with Crippen molar-refractivity contribution in [3.63, 3.8) is 0 Å². The average molecular weight is 303 g/mol. The highest BCUT2D eigenvalue weighted by Crippen LogP contribution is 2.21. The van der Waals surface area contributed by atoms with Crippen LogP contribution in [0, 0.1) is 0 Å². The quantitative estimate of drug-likeness (QED) is 0.882. The second kappa shape index (κ2) is 5.58. The van der Waals surface area contributed by atoms with Crippen molar-refractivity contribution in [1.82, 2.24) is 9.88 Å². The third kappa shape index (κ3) is 3.41. The zero-order valence-corrected chi connectivity index (χ0v) is 10.8. The summed E-state index contributed by atoms with van der Waals surface area (Å²) in [6.45, 7) is 0.309. The number of alkyl halides is 3. The van der Waals surface area contributed by atoms with Gasteiger partial charge in [0.1, 0.15) is 5.82 Å². The number of aromatic nitrogens is 1. The number of pyridine rings is 1. The van der Waals surface area contributed by atoms with Crippen molar-refractivity contribution < 1.29 is 27.9 Å². The summed E-state index contributed by atoms with van der Waals surface area (Å²) in [5, 5.41) is 8.75. The summed E-state index contributed by atoms with van der Waals surface area (Å²) in [7, 11) is 0. The fourth-order valence-corrected chi connectivity index (χ4v) is 2.02. The molecule has 114 valence electrons. The normalized spacial score (nSPS) is 16.0. The van der Waals surface area contributed by atoms with Gasteiger partial charge in [0.25, 0.3) is 0 Å². The highest BCUT2D eigenvalue weighted by Gasteiger charge is 2.43. The van der Waals surface area contributed by atoms with Gasteiger partial charge in [-0.1, -0.05) is 0 Å². The van der Waals surface area contributed by atoms with Gasteiger partial charge in [-0.15, -0.1) is 0 Å². The van der Waals surface area contributed by atoms with Crippen molar-refractivity contribution in [3.8, 4) is 0 Å². The number of aromatic carboxylic acids is 1. The predicted octanol–water partition coefficient (Wildman–Crippen LogP) is 0.991. The topological polar surface area (TPSA) is 73.7 Å². The van der Waals surface area contributed by atoms with E-state index in [4.69, 9.17) is 5.11 Å². The first kappa shape index (κ1) is 15.1. The number of hydrogen-bond acceptors (Lipinski definition) is 4. The molecule has 1 aromatic rings. The molecular formula is C12H12F3N3O3. The number of halogens is 3. The number of carboxylic acids is 1. The first-order valence-electron chi connectivity index (χ1n) is 6.09. The lowest BCUT2D eigenvalue weighted by Gasteiger charge is -2.35. The van der Waals surface area contributed by atoms with Gasteiger partial charge >= 0.3 is 18.1 Å². The van der Waals surface area contributed by atoms with Crippen molar-refractivity contribution in [3.05, 3.63) is 23.9 Å². The summed E-state index contributed by atoms with van der Waals surface area (Å²) in [6, 6.07) is 2.86. The molecule has 2 heterocycles. The molecule has 0 bridgehead atoms. The number of piperazine rings is 1. The van der Waals surface area contributed by atoms with Crippen LogP contribution in [0.2, 0.25) is 0 Å². The zero-order valence-electron chi connectivity index (χ0n) is 10.8. The van der Waals surface area contributed by atoms with E-state index in [1.54, 1.807) is 4.90 Å². The Morgan fingerprint density at radius 3 is 2.19 bits per heavy atom. The predicted molar refractivity (Wildman–Crippen MR) is 66.0 cm³/mol. The number of carbonyl (C=O) groups is 2. The summed E-state index contributed by atoms with van der Waals surface area (Å²) in [6.07, 6.45) is -3.67. The van der Waals surface area contributed by atoms with Gasteiger partial charge < -0.3 is 14.9 Å². The molecule has 1 aromatic heterocycles. The van der Waals surface area contributed by atoms with E-state index in [1.165, 1.54) is 18.3 Å². The van der Waals surface area contributed by atoms with Crippen molar-refractivity contribution in [1.29, 1.82) is 0 Å². The maximum Gasteiger partial charge on any atom is 0.471 e. The Morgan fingerprint density at radius 1 is 1.14 bits per heavy atom. The van der Waals surface area contributed by atoms with E-state index in [2.05, 4.69) is 4.98 Å². The second-order valence-corrected chi connectivity index (χ2v) is 4.49. The minimum absolute atomic E-state index is 0.0321. The molecule has 0 aliphatic carbocycles. The van der Waals surface area contributed by atoms with E-state index in [1.807, 2.05) is 0 Å². The van der Waals surface area contributed by atoms with Gasteiger partial charge in [0, 0.05) is 32.4 Å². The lowest BCUT2D eigenvalue weighted by Crippen LogP contribution is -2.52. The molecular weight excluding hydrogens is 291 g/mol. The zero-order chi connectivity index (χ0) is 15.6. The van der Waals surface area contributed by atoms with Gasteiger partial charge in [0.2, 0.25) is 0 Å². The smallest absolute Gasteiger partial charge is 0.471 e. The summed E-state index contributed by atoms with van der Waals surface area (Å²) in [5.74, 6) is -2.47. The Kier molecular flexibility index (Phi) is 4.01. The molecule has 0 unspecified atom stereocenters. The van der Waals surface area contributed by atoms with Gasteiger partial charge in [0.05, 0.1) is 5.56 Å². The van der Waals surface area contributed by atoms with Crippen LogP contribution >= 0.6 is 0 Å². The lowest BCUT2D eigenvalue weighted by molar-refractivity contribution is -0.185. The summed E-state index contributed by atoms with van der Waals surface area (Å²) in [4.78, 5) is 28.2. The molecule has 9 heteroatoms. The van der Waals surface area contributed by atoms with Crippen molar-refractivity contribution in [2.75, 3.05) is 31.1 Å². The van der Waals surface area contributed by atoms with Crippen molar-refractivity contribution in [2.45, 2.75) is 6.18 Å². The highest BCUT2D eigenvalue weighted by molar-refractivity contribution is 5.87. The monoisotopic (exact) mass is 303 g/mol. The average Bonchev–Trinajstić information content (AvgIpc) is 2.46.